The SMILES string of the molecule is FC(F)(F)C(F)(F)c1nc2ccccc2c(-c2ccccc2)c1C#Cc1ccccc1. The molecule has 1 heterocycles. The van der Waals surface area contributed by atoms with E-state index in [1.807, 2.05) is 0 Å². The third kappa shape index (κ3) is 3.87. The Morgan fingerprint density at radius 1 is 0.645 bits per heavy atom. The average Bonchev–Trinajstić information content (AvgIpc) is 2.77. The second-order valence-corrected chi connectivity index (χ2v) is 6.78. The van der Waals surface area contributed by atoms with Crippen LogP contribution in [0.25, 0.3) is 22.0 Å². The topological polar surface area (TPSA) is 12.9 Å². The first-order valence-corrected chi connectivity index (χ1v) is 9.29. The lowest BCUT2D eigenvalue weighted by atomic mass is 9.92. The number of hydrogen-bond donors (Lipinski definition) is 0. The van der Waals surface area contributed by atoms with Gasteiger partial charge in [0.1, 0.15) is 5.69 Å². The van der Waals surface area contributed by atoms with Gasteiger partial charge in [-0.2, -0.15) is 22.0 Å². The Kier molecular flexibility index (Phi) is 5.20. The van der Waals surface area contributed by atoms with Crippen LogP contribution in [0.4, 0.5) is 22.0 Å². The largest absolute Gasteiger partial charge is 0.459 e. The zero-order chi connectivity index (χ0) is 22.1. The molecule has 3 aromatic carbocycles. The second kappa shape index (κ2) is 7.84. The fraction of sp³-hybridized carbons (Fsp3) is 0.0800. The van der Waals surface area contributed by atoms with E-state index in [1.54, 1.807) is 72.8 Å². The van der Waals surface area contributed by atoms with Crippen molar-refractivity contribution < 1.29 is 22.0 Å². The molecule has 0 aliphatic carbocycles. The minimum atomic E-state index is -5.82. The molecule has 0 fully saturated rings. The van der Waals surface area contributed by atoms with E-state index < -0.39 is 23.4 Å². The maximum absolute atomic E-state index is 14.6. The van der Waals surface area contributed by atoms with E-state index >= 15 is 0 Å². The number of aromatic nitrogens is 1. The minimum Gasteiger partial charge on any atom is -0.245 e. The molecule has 0 bridgehead atoms. The first-order chi connectivity index (χ1) is 14.8. The first kappa shape index (κ1) is 20.5. The molecule has 0 aliphatic heterocycles. The maximum atomic E-state index is 14.6. The summed E-state index contributed by atoms with van der Waals surface area (Å²) in [4.78, 5) is 3.74. The van der Waals surface area contributed by atoms with Gasteiger partial charge in [0.15, 0.2) is 0 Å². The van der Waals surface area contributed by atoms with Gasteiger partial charge in [0.25, 0.3) is 0 Å². The molecule has 6 heteroatoms. The Balaban J connectivity index is 2.13. The van der Waals surface area contributed by atoms with E-state index in [0.29, 0.717) is 16.5 Å². The van der Waals surface area contributed by atoms with Gasteiger partial charge in [-0.1, -0.05) is 78.6 Å². The van der Waals surface area contributed by atoms with Crippen molar-refractivity contribution in [3.05, 3.63) is 102 Å². The van der Waals surface area contributed by atoms with Gasteiger partial charge in [-0.05, 0) is 23.8 Å². The molecule has 4 aromatic rings. The van der Waals surface area contributed by atoms with E-state index in [4.69, 9.17) is 0 Å². The van der Waals surface area contributed by atoms with Crippen molar-refractivity contribution >= 4 is 10.9 Å². The normalized spacial score (nSPS) is 11.8. The fourth-order valence-electron chi connectivity index (χ4n) is 3.26. The van der Waals surface area contributed by atoms with Crippen molar-refractivity contribution in [2.24, 2.45) is 0 Å². The van der Waals surface area contributed by atoms with E-state index in [1.165, 1.54) is 12.1 Å². The summed E-state index contributed by atoms with van der Waals surface area (Å²) < 4.78 is 69.3. The van der Waals surface area contributed by atoms with Gasteiger partial charge in [-0.15, -0.1) is 0 Å². The van der Waals surface area contributed by atoms with E-state index in [9.17, 15) is 22.0 Å². The number of pyridine rings is 1. The summed E-state index contributed by atoms with van der Waals surface area (Å²) in [5.41, 5.74) is -0.676. The molecule has 0 atom stereocenters. The summed E-state index contributed by atoms with van der Waals surface area (Å²) >= 11 is 0. The van der Waals surface area contributed by atoms with E-state index in [2.05, 4.69) is 16.8 Å². The Morgan fingerprint density at radius 2 is 1.23 bits per heavy atom. The highest BCUT2D eigenvalue weighted by Gasteiger charge is 2.61. The van der Waals surface area contributed by atoms with Gasteiger partial charge in [0.05, 0.1) is 11.1 Å². The van der Waals surface area contributed by atoms with Crippen LogP contribution in [0.3, 0.4) is 0 Å². The molecule has 0 saturated carbocycles. The van der Waals surface area contributed by atoms with Crippen molar-refractivity contribution in [1.29, 1.82) is 0 Å². The summed E-state index contributed by atoms with van der Waals surface area (Å²) in [5, 5.41) is 0.438. The lowest BCUT2D eigenvalue weighted by Gasteiger charge is -2.22. The number of nitrogens with zero attached hydrogens (tertiary/aromatic N) is 1. The van der Waals surface area contributed by atoms with Crippen LogP contribution in [0.5, 0.6) is 0 Å². The quantitative estimate of drug-likeness (QED) is 0.251. The number of fused-ring (bicyclic) bond motifs is 1. The molecule has 0 radical (unpaired) electrons. The van der Waals surface area contributed by atoms with Gasteiger partial charge in [-0.3, -0.25) is 0 Å². The number of hydrogen-bond acceptors (Lipinski definition) is 1. The monoisotopic (exact) mass is 423 g/mol. The first-order valence-electron chi connectivity index (χ1n) is 9.29. The van der Waals surface area contributed by atoms with Gasteiger partial charge in [-0.25, -0.2) is 4.98 Å². The predicted molar refractivity (Wildman–Crippen MR) is 110 cm³/mol. The van der Waals surface area contributed by atoms with Crippen molar-refractivity contribution in [2.45, 2.75) is 12.1 Å². The Labute approximate surface area is 175 Å². The standard InChI is InChI=1S/C25H14F5N/c26-24(27,25(28,29)30)23-20(16-15-17-9-3-1-4-10-17)22(18-11-5-2-6-12-18)19-13-7-8-14-21(19)31-23/h1-14H. The fourth-order valence-corrected chi connectivity index (χ4v) is 3.26. The smallest absolute Gasteiger partial charge is 0.245 e. The van der Waals surface area contributed by atoms with Crippen LogP contribution >= 0.6 is 0 Å². The summed E-state index contributed by atoms with van der Waals surface area (Å²) in [6.07, 6.45) is -5.82. The third-order valence-electron chi connectivity index (χ3n) is 4.71. The van der Waals surface area contributed by atoms with Crippen LogP contribution in [-0.4, -0.2) is 11.2 Å². The van der Waals surface area contributed by atoms with Gasteiger partial charge < -0.3 is 0 Å². The van der Waals surface area contributed by atoms with Crippen LogP contribution in [0.1, 0.15) is 16.8 Å². The molecule has 1 aromatic heterocycles. The third-order valence-corrected chi connectivity index (χ3v) is 4.71. The number of para-hydroxylation sites is 1. The molecule has 0 saturated heterocycles. The molecule has 1 nitrogen and oxygen atoms in total. The van der Waals surface area contributed by atoms with E-state index in [-0.39, 0.29) is 11.1 Å². The van der Waals surface area contributed by atoms with Crippen molar-refractivity contribution in [3.8, 4) is 23.0 Å². The number of rotatable bonds is 2. The molecular weight excluding hydrogens is 409 g/mol. The molecule has 0 unspecified atom stereocenters. The molecule has 0 N–H and O–H groups in total. The average molecular weight is 423 g/mol. The lowest BCUT2D eigenvalue weighted by Crippen LogP contribution is -2.35. The molecule has 0 spiro atoms. The highest BCUT2D eigenvalue weighted by Crippen LogP contribution is 2.47. The number of benzene rings is 3. The molecule has 31 heavy (non-hydrogen) atoms. The molecule has 154 valence electrons. The Hall–Kier alpha value is -3.72. The van der Waals surface area contributed by atoms with Crippen molar-refractivity contribution in [3.63, 3.8) is 0 Å². The van der Waals surface area contributed by atoms with Crippen LogP contribution in [0.15, 0.2) is 84.9 Å². The highest BCUT2D eigenvalue weighted by atomic mass is 19.4. The second-order valence-electron chi connectivity index (χ2n) is 6.78. The maximum Gasteiger partial charge on any atom is 0.459 e. The number of alkyl halides is 5. The summed E-state index contributed by atoms with van der Waals surface area (Å²) in [6.45, 7) is 0. The predicted octanol–water partition coefficient (Wildman–Crippen LogP) is 6.96. The summed E-state index contributed by atoms with van der Waals surface area (Å²) in [6, 6.07) is 23.1. The van der Waals surface area contributed by atoms with Crippen LogP contribution < -0.4 is 0 Å². The number of halogens is 5. The minimum absolute atomic E-state index is 0.0329. The highest BCUT2D eigenvalue weighted by molar-refractivity contribution is 5.98. The molecule has 0 amide bonds. The summed E-state index contributed by atoms with van der Waals surface area (Å²) in [5.74, 6) is 0.104. The van der Waals surface area contributed by atoms with Gasteiger partial charge >= 0.3 is 12.1 Å². The molecule has 4 rings (SSSR count). The molecule has 0 aliphatic rings. The van der Waals surface area contributed by atoms with Crippen molar-refractivity contribution in [1.82, 2.24) is 4.98 Å². The lowest BCUT2D eigenvalue weighted by molar-refractivity contribution is -0.290. The zero-order valence-electron chi connectivity index (χ0n) is 15.9. The Morgan fingerprint density at radius 3 is 1.87 bits per heavy atom. The van der Waals surface area contributed by atoms with Gasteiger partial charge in [0.2, 0.25) is 0 Å². The van der Waals surface area contributed by atoms with Crippen LogP contribution in [0, 0.1) is 11.8 Å². The van der Waals surface area contributed by atoms with Crippen LogP contribution in [-0.2, 0) is 5.92 Å². The van der Waals surface area contributed by atoms with Crippen LogP contribution in [0.2, 0.25) is 0 Å². The van der Waals surface area contributed by atoms with Gasteiger partial charge in [0, 0.05) is 16.5 Å². The zero-order valence-corrected chi connectivity index (χ0v) is 15.9. The van der Waals surface area contributed by atoms with E-state index in [0.717, 1.165) is 0 Å². The van der Waals surface area contributed by atoms with Crippen molar-refractivity contribution in [2.75, 3.05) is 0 Å². The Bertz CT molecular complexity index is 1280. The molecular formula is C25H14F5N. The summed E-state index contributed by atoms with van der Waals surface area (Å²) in [7, 11) is 0.